The summed E-state index contributed by atoms with van der Waals surface area (Å²) in [6.07, 6.45) is 0.895. The van der Waals surface area contributed by atoms with Crippen LogP contribution < -0.4 is 0 Å². The Morgan fingerprint density at radius 3 is 2.00 bits per heavy atom. The smallest absolute Gasteiger partial charge is 0.126 e. The van der Waals surface area contributed by atoms with Crippen molar-refractivity contribution >= 4 is 83.6 Å². The Balaban J connectivity index is 3.54. The summed E-state index contributed by atoms with van der Waals surface area (Å²) >= 11 is 33.8. The third-order valence-corrected chi connectivity index (χ3v) is 7.43. The van der Waals surface area contributed by atoms with Crippen LogP contribution >= 0.6 is 68.0 Å². The fourth-order valence-corrected chi connectivity index (χ4v) is 5.02. The van der Waals surface area contributed by atoms with Crippen LogP contribution in [0.1, 0.15) is 6.42 Å². The van der Waals surface area contributed by atoms with Gasteiger partial charge in [-0.05, 0) is 6.04 Å². The van der Waals surface area contributed by atoms with Gasteiger partial charge in [0.15, 0.2) is 0 Å². The predicted molar refractivity (Wildman–Crippen MR) is 70.7 cm³/mol. The minimum atomic E-state index is -2.44. The molecule has 0 heterocycles. The Morgan fingerprint density at radius 1 is 1.08 bits per heavy atom. The van der Waals surface area contributed by atoms with E-state index in [1.807, 2.05) is 0 Å². The highest BCUT2D eigenvalue weighted by Gasteiger charge is 2.23. The van der Waals surface area contributed by atoms with Crippen LogP contribution in [-0.2, 0) is 0 Å². The van der Waals surface area contributed by atoms with E-state index in [0.717, 1.165) is 12.5 Å². The fourth-order valence-electron chi connectivity index (χ4n) is 0.700. The van der Waals surface area contributed by atoms with Gasteiger partial charge in [0.1, 0.15) is 4.49 Å². The zero-order chi connectivity index (χ0) is 10.5. The summed E-state index contributed by atoms with van der Waals surface area (Å²) in [5.41, 5.74) is 0. The van der Waals surface area contributed by atoms with E-state index in [0.29, 0.717) is 10.7 Å². The van der Waals surface area contributed by atoms with E-state index in [-0.39, 0.29) is 4.49 Å². The molecule has 0 atom stereocenters. The molecule has 0 bridgehead atoms. The molecule has 0 aromatic rings. The summed E-state index contributed by atoms with van der Waals surface area (Å²) in [5, 5.41) is 0. The lowest BCUT2D eigenvalue weighted by Gasteiger charge is -2.06. The first-order valence-corrected chi connectivity index (χ1v) is 11.7. The van der Waals surface area contributed by atoms with Crippen molar-refractivity contribution in [3.63, 3.8) is 0 Å². The van der Waals surface area contributed by atoms with Gasteiger partial charge in [0.05, 0.1) is 9.52 Å². The molecule has 0 saturated heterocycles. The van der Waals surface area contributed by atoms with Crippen molar-refractivity contribution in [1.29, 1.82) is 0 Å². The summed E-state index contributed by atoms with van der Waals surface area (Å²) in [6, 6.07) is -0.792. The standard InChI is InChI=1S/C5H8Cl6Si2/c6-4(7)5(8)12-2-1-3-13(9,10)11/h1-3,12H2. The molecule has 0 aromatic heterocycles. The third kappa shape index (κ3) is 10.2. The number of halogens is 6. The quantitative estimate of drug-likeness (QED) is 0.395. The summed E-state index contributed by atoms with van der Waals surface area (Å²) in [5.74, 6) is 0. The van der Waals surface area contributed by atoms with Crippen molar-refractivity contribution in [2.75, 3.05) is 0 Å². The zero-order valence-electron chi connectivity index (χ0n) is 6.60. The molecular weight excluding hydrogens is 329 g/mol. The van der Waals surface area contributed by atoms with Gasteiger partial charge in [0.2, 0.25) is 0 Å². The topological polar surface area (TPSA) is 0 Å². The number of rotatable bonds is 5. The minimum Gasteiger partial charge on any atom is -0.126 e. The molecule has 0 spiro atoms. The molecule has 0 aliphatic carbocycles. The van der Waals surface area contributed by atoms with Gasteiger partial charge in [-0.2, -0.15) is 0 Å². The highest BCUT2D eigenvalue weighted by Crippen LogP contribution is 2.27. The SMILES string of the molecule is ClC(Cl)=C(Cl)[SiH2]CCC[Si](Cl)(Cl)Cl. The fraction of sp³-hybridized carbons (Fsp3) is 0.600. The lowest BCUT2D eigenvalue weighted by Crippen LogP contribution is -2.08. The average Bonchev–Trinajstić information content (AvgIpc) is 1.95. The van der Waals surface area contributed by atoms with E-state index in [9.17, 15) is 0 Å². The molecule has 0 unspecified atom stereocenters. The first-order chi connectivity index (χ1) is 5.83. The van der Waals surface area contributed by atoms with Gasteiger partial charge in [0.25, 0.3) is 0 Å². The molecule has 0 saturated carbocycles. The lowest BCUT2D eigenvalue weighted by atomic mass is 10.6. The van der Waals surface area contributed by atoms with Gasteiger partial charge in [-0.3, -0.25) is 0 Å². The third-order valence-electron chi connectivity index (χ3n) is 1.31. The number of hydrogen-bond acceptors (Lipinski definition) is 0. The molecule has 0 aliphatic rings. The Morgan fingerprint density at radius 2 is 1.62 bits per heavy atom. The Labute approximate surface area is 110 Å². The molecule has 78 valence electrons. The lowest BCUT2D eigenvalue weighted by molar-refractivity contribution is 1.06. The molecule has 0 aromatic carbocycles. The summed E-state index contributed by atoms with van der Waals surface area (Å²) in [4.78, 5) is 0. The average molecular weight is 337 g/mol. The van der Waals surface area contributed by atoms with Crippen molar-refractivity contribution < 1.29 is 0 Å². The second kappa shape index (κ2) is 7.23. The summed E-state index contributed by atoms with van der Waals surface area (Å²) in [6.45, 7) is 0. The van der Waals surface area contributed by atoms with Gasteiger partial charge in [0, 0.05) is 4.66 Å². The van der Waals surface area contributed by atoms with Crippen molar-refractivity contribution in [3.8, 4) is 0 Å². The van der Waals surface area contributed by atoms with Crippen molar-refractivity contribution in [3.05, 3.63) is 9.15 Å². The van der Waals surface area contributed by atoms with E-state index in [1.165, 1.54) is 0 Å². The van der Waals surface area contributed by atoms with Gasteiger partial charge < -0.3 is 0 Å². The summed E-state index contributed by atoms with van der Waals surface area (Å²) in [7, 11) is -0.553. The van der Waals surface area contributed by atoms with Crippen LogP contribution in [0.5, 0.6) is 0 Å². The predicted octanol–water partition coefficient (Wildman–Crippen LogP) is 4.46. The minimum absolute atomic E-state index is 0.180. The van der Waals surface area contributed by atoms with E-state index < -0.39 is 15.5 Å². The van der Waals surface area contributed by atoms with Crippen LogP contribution in [0.2, 0.25) is 12.1 Å². The van der Waals surface area contributed by atoms with Crippen molar-refractivity contribution in [1.82, 2.24) is 0 Å². The molecule has 0 amide bonds. The van der Waals surface area contributed by atoms with Crippen LogP contribution in [0.3, 0.4) is 0 Å². The molecule has 0 rings (SSSR count). The maximum atomic E-state index is 5.76. The van der Waals surface area contributed by atoms with Crippen molar-refractivity contribution in [2.45, 2.75) is 18.5 Å². The first kappa shape index (κ1) is 14.9. The van der Waals surface area contributed by atoms with Crippen LogP contribution in [0.25, 0.3) is 0 Å². The molecule has 0 radical (unpaired) electrons. The highest BCUT2D eigenvalue weighted by atomic mass is 35.8. The van der Waals surface area contributed by atoms with E-state index in [2.05, 4.69) is 0 Å². The molecule has 13 heavy (non-hydrogen) atoms. The second-order valence-corrected chi connectivity index (χ2v) is 15.5. The maximum Gasteiger partial charge on any atom is 0.341 e. The van der Waals surface area contributed by atoms with Gasteiger partial charge in [-0.15, -0.1) is 33.2 Å². The van der Waals surface area contributed by atoms with E-state index in [1.54, 1.807) is 0 Å². The molecular formula is C5H8Cl6Si2. The molecule has 0 N–H and O–H groups in total. The zero-order valence-corrected chi connectivity index (χ0v) is 13.5. The molecule has 0 fully saturated rings. The summed E-state index contributed by atoms with van der Waals surface area (Å²) < 4.78 is 0.786. The molecule has 0 nitrogen and oxygen atoms in total. The van der Waals surface area contributed by atoms with Gasteiger partial charge in [-0.1, -0.05) is 47.3 Å². The van der Waals surface area contributed by atoms with Crippen LogP contribution in [0.15, 0.2) is 9.15 Å². The second-order valence-electron chi connectivity index (χ2n) is 2.49. The Bertz CT molecular complexity index is 182. The maximum absolute atomic E-state index is 5.76. The highest BCUT2D eigenvalue weighted by molar-refractivity contribution is 7.64. The number of hydrogen-bond donors (Lipinski definition) is 0. The van der Waals surface area contributed by atoms with Crippen LogP contribution in [0.4, 0.5) is 0 Å². The van der Waals surface area contributed by atoms with E-state index in [4.69, 9.17) is 68.0 Å². The van der Waals surface area contributed by atoms with Gasteiger partial charge >= 0.3 is 6.00 Å². The monoisotopic (exact) mass is 334 g/mol. The molecule has 0 aliphatic heterocycles. The van der Waals surface area contributed by atoms with Gasteiger partial charge in [-0.25, -0.2) is 0 Å². The first-order valence-electron chi connectivity index (χ1n) is 3.59. The van der Waals surface area contributed by atoms with Crippen LogP contribution in [-0.4, -0.2) is 15.5 Å². The van der Waals surface area contributed by atoms with Crippen molar-refractivity contribution in [2.24, 2.45) is 0 Å². The van der Waals surface area contributed by atoms with E-state index >= 15 is 0 Å². The van der Waals surface area contributed by atoms with Crippen LogP contribution in [0, 0.1) is 0 Å². The normalized spacial score (nSPS) is 12.5. The largest absolute Gasteiger partial charge is 0.341 e. The Hall–Kier alpha value is 1.91. The Kier molecular flexibility index (Phi) is 8.30. The molecule has 8 heteroatoms.